The van der Waals surface area contributed by atoms with Gasteiger partial charge in [-0.3, -0.25) is 9.48 Å². The normalized spacial score (nSPS) is 18.9. The monoisotopic (exact) mass is 399 g/mol. The van der Waals surface area contributed by atoms with Crippen LogP contribution < -0.4 is 10.6 Å². The summed E-state index contributed by atoms with van der Waals surface area (Å²) in [4.78, 5) is 16.9. The Morgan fingerprint density at radius 3 is 2.69 bits per heavy atom. The maximum Gasteiger partial charge on any atom is 0.240 e. The van der Waals surface area contributed by atoms with E-state index in [1.807, 2.05) is 36.0 Å². The molecular weight excluding hydrogens is 366 g/mol. The Hall–Kier alpha value is -2.25. The second kappa shape index (κ2) is 10.5. The van der Waals surface area contributed by atoms with Gasteiger partial charge in [0.05, 0.1) is 6.10 Å². The summed E-state index contributed by atoms with van der Waals surface area (Å²) in [6, 6.07) is 7.44. The summed E-state index contributed by atoms with van der Waals surface area (Å²) in [6.07, 6.45) is 7.20. The second-order valence-corrected chi connectivity index (χ2v) is 7.84. The highest BCUT2D eigenvalue weighted by molar-refractivity contribution is 5.82. The number of aromatic nitrogens is 3. The summed E-state index contributed by atoms with van der Waals surface area (Å²) < 4.78 is 1.88. The predicted molar refractivity (Wildman–Crippen MR) is 113 cm³/mol. The quantitative estimate of drug-likeness (QED) is 0.533. The van der Waals surface area contributed by atoms with Gasteiger partial charge in [0.25, 0.3) is 0 Å². The van der Waals surface area contributed by atoms with Crippen LogP contribution in [0.1, 0.15) is 56.8 Å². The number of nitrogens with one attached hydrogen (secondary N) is 2. The highest BCUT2D eigenvalue weighted by Crippen LogP contribution is 2.18. The van der Waals surface area contributed by atoms with E-state index in [9.17, 15) is 9.90 Å². The number of rotatable bonds is 10. The lowest BCUT2D eigenvalue weighted by Gasteiger charge is -2.14. The molecule has 0 saturated carbocycles. The van der Waals surface area contributed by atoms with Gasteiger partial charge in [0, 0.05) is 25.6 Å². The number of carbonyl (C=O) groups is 1. The molecule has 0 aliphatic carbocycles. The first-order valence-corrected chi connectivity index (χ1v) is 10.8. The first kappa shape index (κ1) is 21.5. The van der Waals surface area contributed by atoms with E-state index in [4.69, 9.17) is 4.98 Å². The maximum atomic E-state index is 12.1. The maximum absolute atomic E-state index is 12.1. The number of unbranched alkanes of at least 4 members (excludes halogenated alkanes) is 4. The molecule has 0 spiro atoms. The van der Waals surface area contributed by atoms with E-state index >= 15 is 0 Å². The lowest BCUT2D eigenvalue weighted by molar-refractivity contribution is -0.124. The SMILES string of the molecule is CCCCCCCc1nc(-c2ccc(CNC(=O)C3NCC[C@@H]3O)cc2)nn1C. The number of aliphatic hydroxyl groups excluding tert-OH is 1. The molecule has 1 saturated heterocycles. The minimum absolute atomic E-state index is 0.158. The van der Waals surface area contributed by atoms with Crippen LogP contribution in [-0.4, -0.2) is 44.5 Å². The molecule has 7 nitrogen and oxygen atoms in total. The third-order valence-electron chi connectivity index (χ3n) is 5.51. The van der Waals surface area contributed by atoms with Crippen LogP contribution >= 0.6 is 0 Å². The summed E-state index contributed by atoms with van der Waals surface area (Å²) in [5, 5.41) is 20.3. The van der Waals surface area contributed by atoms with Gasteiger partial charge < -0.3 is 15.7 Å². The van der Waals surface area contributed by atoms with Crippen molar-refractivity contribution in [3.05, 3.63) is 35.7 Å². The number of carbonyl (C=O) groups excluding carboxylic acids is 1. The van der Waals surface area contributed by atoms with Gasteiger partial charge in [0.2, 0.25) is 5.91 Å². The number of hydrogen-bond acceptors (Lipinski definition) is 5. The standard InChI is InChI=1S/C22H33N5O2/c1-3-4-5-6-7-8-19-25-21(26-27(19)2)17-11-9-16(10-12-17)15-24-22(29)20-18(28)13-14-23-20/h9-12,18,20,23,28H,3-8,13-15H2,1-2H3,(H,24,29)/t18-,20?/m0/s1. The molecule has 0 bridgehead atoms. The molecule has 1 aromatic heterocycles. The number of hydrogen-bond donors (Lipinski definition) is 3. The van der Waals surface area contributed by atoms with Gasteiger partial charge in [0.15, 0.2) is 5.82 Å². The molecule has 1 unspecified atom stereocenters. The van der Waals surface area contributed by atoms with Gasteiger partial charge >= 0.3 is 0 Å². The first-order chi connectivity index (χ1) is 14.1. The fourth-order valence-electron chi connectivity index (χ4n) is 3.67. The van der Waals surface area contributed by atoms with Gasteiger partial charge in [-0.05, 0) is 24.9 Å². The molecule has 158 valence electrons. The van der Waals surface area contributed by atoms with E-state index in [1.54, 1.807) is 0 Å². The molecule has 1 aromatic carbocycles. The molecule has 3 rings (SSSR count). The molecule has 1 aliphatic heterocycles. The summed E-state index contributed by atoms with van der Waals surface area (Å²) in [5.41, 5.74) is 1.97. The van der Waals surface area contributed by atoms with E-state index in [0.717, 1.165) is 35.6 Å². The van der Waals surface area contributed by atoms with Crippen LogP contribution in [0.5, 0.6) is 0 Å². The van der Waals surface area contributed by atoms with Crippen molar-refractivity contribution in [1.29, 1.82) is 0 Å². The van der Waals surface area contributed by atoms with Crippen molar-refractivity contribution in [1.82, 2.24) is 25.4 Å². The molecule has 1 amide bonds. The van der Waals surface area contributed by atoms with Gasteiger partial charge in [-0.2, -0.15) is 5.10 Å². The Balaban J connectivity index is 1.52. The van der Waals surface area contributed by atoms with Crippen LogP contribution in [0.15, 0.2) is 24.3 Å². The molecular formula is C22H33N5O2. The van der Waals surface area contributed by atoms with Crippen molar-refractivity contribution < 1.29 is 9.90 Å². The second-order valence-electron chi connectivity index (χ2n) is 7.84. The Morgan fingerprint density at radius 1 is 1.24 bits per heavy atom. The van der Waals surface area contributed by atoms with Gasteiger partial charge in [0.1, 0.15) is 11.9 Å². The molecule has 1 aliphatic rings. The Labute approximate surface area is 172 Å². The average Bonchev–Trinajstić information content (AvgIpc) is 3.32. The van der Waals surface area contributed by atoms with Crippen molar-refractivity contribution in [2.45, 2.75) is 70.6 Å². The summed E-state index contributed by atoms with van der Waals surface area (Å²) >= 11 is 0. The molecule has 3 N–H and O–H groups in total. The smallest absolute Gasteiger partial charge is 0.240 e. The number of aryl methyl sites for hydroxylation is 2. The van der Waals surface area contributed by atoms with Crippen LogP contribution in [0.25, 0.3) is 11.4 Å². The zero-order valence-corrected chi connectivity index (χ0v) is 17.5. The van der Waals surface area contributed by atoms with Crippen LogP contribution in [-0.2, 0) is 24.8 Å². The Bertz CT molecular complexity index is 787. The number of benzene rings is 1. The molecule has 0 radical (unpaired) electrons. The van der Waals surface area contributed by atoms with Crippen LogP contribution in [0, 0.1) is 0 Å². The minimum atomic E-state index is -0.603. The highest BCUT2D eigenvalue weighted by Gasteiger charge is 2.30. The Kier molecular flexibility index (Phi) is 7.77. The van der Waals surface area contributed by atoms with E-state index in [0.29, 0.717) is 19.5 Å². The van der Waals surface area contributed by atoms with E-state index in [2.05, 4.69) is 22.7 Å². The average molecular weight is 400 g/mol. The van der Waals surface area contributed by atoms with E-state index in [-0.39, 0.29) is 5.91 Å². The zero-order chi connectivity index (χ0) is 20.6. The molecule has 7 heteroatoms. The summed E-state index contributed by atoms with van der Waals surface area (Å²) in [7, 11) is 1.95. The van der Waals surface area contributed by atoms with Gasteiger partial charge in [-0.1, -0.05) is 56.9 Å². The third-order valence-corrected chi connectivity index (χ3v) is 5.51. The third kappa shape index (κ3) is 5.87. The van der Waals surface area contributed by atoms with Crippen LogP contribution in [0.2, 0.25) is 0 Å². The number of amides is 1. The number of aliphatic hydroxyl groups is 1. The Morgan fingerprint density at radius 2 is 2.00 bits per heavy atom. The highest BCUT2D eigenvalue weighted by atomic mass is 16.3. The van der Waals surface area contributed by atoms with Crippen molar-refractivity contribution in [2.24, 2.45) is 7.05 Å². The fraction of sp³-hybridized carbons (Fsp3) is 0.591. The van der Waals surface area contributed by atoms with Crippen LogP contribution in [0.4, 0.5) is 0 Å². The predicted octanol–water partition coefficient (Wildman–Crippen LogP) is 2.33. The fourth-order valence-corrected chi connectivity index (χ4v) is 3.67. The van der Waals surface area contributed by atoms with Gasteiger partial charge in [-0.15, -0.1) is 0 Å². The number of nitrogens with zero attached hydrogens (tertiary/aromatic N) is 3. The van der Waals surface area contributed by atoms with E-state index in [1.165, 1.54) is 25.7 Å². The minimum Gasteiger partial charge on any atom is -0.391 e. The van der Waals surface area contributed by atoms with Crippen molar-refractivity contribution in [3.8, 4) is 11.4 Å². The van der Waals surface area contributed by atoms with Crippen molar-refractivity contribution >= 4 is 5.91 Å². The zero-order valence-electron chi connectivity index (χ0n) is 17.5. The summed E-state index contributed by atoms with van der Waals surface area (Å²) in [5.74, 6) is 1.61. The molecule has 2 aromatic rings. The van der Waals surface area contributed by atoms with Gasteiger partial charge in [-0.25, -0.2) is 4.98 Å². The van der Waals surface area contributed by atoms with Crippen molar-refractivity contribution in [2.75, 3.05) is 6.54 Å². The van der Waals surface area contributed by atoms with Crippen LogP contribution in [0.3, 0.4) is 0 Å². The lowest BCUT2D eigenvalue weighted by atomic mass is 10.1. The summed E-state index contributed by atoms with van der Waals surface area (Å²) in [6.45, 7) is 3.33. The molecule has 2 atom stereocenters. The molecule has 1 fully saturated rings. The van der Waals surface area contributed by atoms with Crippen molar-refractivity contribution in [3.63, 3.8) is 0 Å². The van der Waals surface area contributed by atoms with E-state index < -0.39 is 12.1 Å². The lowest BCUT2D eigenvalue weighted by Crippen LogP contribution is -2.45. The largest absolute Gasteiger partial charge is 0.391 e. The molecule has 29 heavy (non-hydrogen) atoms. The topological polar surface area (TPSA) is 92.1 Å². The molecule has 2 heterocycles. The first-order valence-electron chi connectivity index (χ1n) is 10.8.